The average Bonchev–Trinajstić information content (AvgIpc) is 3.72. The van der Waals surface area contributed by atoms with E-state index in [-0.39, 0.29) is 22.9 Å². The summed E-state index contributed by atoms with van der Waals surface area (Å²) in [7, 11) is 0. The van der Waals surface area contributed by atoms with E-state index < -0.39 is 0 Å². The van der Waals surface area contributed by atoms with Crippen molar-refractivity contribution < 1.29 is 9.53 Å². The van der Waals surface area contributed by atoms with Crippen molar-refractivity contribution in [1.29, 1.82) is 0 Å². The lowest BCUT2D eigenvalue weighted by Gasteiger charge is -2.58. The van der Waals surface area contributed by atoms with Crippen molar-refractivity contribution in [2.45, 2.75) is 70.2 Å². The fourth-order valence-corrected chi connectivity index (χ4v) is 11.0. The molecule has 1 amide bonds. The van der Waals surface area contributed by atoms with Crippen molar-refractivity contribution in [1.82, 2.24) is 29.8 Å². The van der Waals surface area contributed by atoms with Crippen molar-refractivity contribution in [2.75, 3.05) is 55.7 Å². The molecule has 2 aromatic heterocycles. The Bertz CT molecular complexity index is 1690. The SMILES string of the molecule is C=CC(=O)N1CC2(CC(n3nc(N4CC[C@@H](CN5CCOC6CSCC65)CC4(C)C)c(-c4c(Cl)c(Cl)cc5[nH]ncc45)c3C)C2)C1. The number of hydrogen-bond acceptors (Lipinski definition) is 7. The topological polar surface area (TPSA) is 82.5 Å². The summed E-state index contributed by atoms with van der Waals surface area (Å²) in [6.07, 6.45) is 7.86. The third kappa shape index (κ3) is 5.00. The number of amides is 1. The zero-order chi connectivity index (χ0) is 32.0. The minimum Gasteiger partial charge on any atom is -0.374 e. The number of likely N-dealkylation sites (tertiary alicyclic amines) is 1. The van der Waals surface area contributed by atoms with E-state index in [4.69, 9.17) is 33.0 Å². The Hall–Kier alpha value is -2.24. The van der Waals surface area contributed by atoms with Crippen LogP contribution in [0.3, 0.4) is 0 Å². The van der Waals surface area contributed by atoms with Crippen LogP contribution in [-0.4, -0.2) is 104 Å². The second-order valence-corrected chi connectivity index (χ2v) is 16.8. The first kappa shape index (κ1) is 31.1. The van der Waals surface area contributed by atoms with Gasteiger partial charge in [0.15, 0.2) is 5.82 Å². The summed E-state index contributed by atoms with van der Waals surface area (Å²) < 4.78 is 8.34. The van der Waals surface area contributed by atoms with E-state index in [2.05, 4.69) is 52.0 Å². The van der Waals surface area contributed by atoms with E-state index in [0.717, 1.165) is 104 Å². The van der Waals surface area contributed by atoms with Gasteiger partial charge in [0, 0.05) is 83.4 Å². The van der Waals surface area contributed by atoms with Gasteiger partial charge in [0.25, 0.3) is 0 Å². The Morgan fingerprint density at radius 2 is 2.00 bits per heavy atom. The number of nitrogens with one attached hydrogen (secondary N) is 1. The highest BCUT2D eigenvalue weighted by atomic mass is 35.5. The first-order valence-electron chi connectivity index (χ1n) is 16.6. The fraction of sp³-hybridized carbons (Fsp3) is 0.618. The van der Waals surface area contributed by atoms with Gasteiger partial charge in [-0.1, -0.05) is 29.8 Å². The van der Waals surface area contributed by atoms with Crippen LogP contribution in [0.5, 0.6) is 0 Å². The van der Waals surface area contributed by atoms with E-state index in [0.29, 0.717) is 28.1 Å². The van der Waals surface area contributed by atoms with Crippen molar-refractivity contribution in [3.63, 3.8) is 0 Å². The highest BCUT2D eigenvalue weighted by Crippen LogP contribution is 2.56. The van der Waals surface area contributed by atoms with Crippen molar-refractivity contribution >= 4 is 57.6 Å². The summed E-state index contributed by atoms with van der Waals surface area (Å²) >= 11 is 15.9. The molecule has 2 unspecified atom stereocenters. The second kappa shape index (κ2) is 11.4. The molecule has 1 aromatic carbocycles. The summed E-state index contributed by atoms with van der Waals surface area (Å²) in [5.74, 6) is 3.92. The molecule has 1 aliphatic carbocycles. The normalized spacial score (nSPS) is 27.5. The van der Waals surface area contributed by atoms with E-state index in [9.17, 15) is 4.79 Å². The van der Waals surface area contributed by atoms with E-state index >= 15 is 0 Å². The van der Waals surface area contributed by atoms with Gasteiger partial charge in [0.05, 0.1) is 40.5 Å². The van der Waals surface area contributed by atoms with Gasteiger partial charge in [-0.05, 0) is 64.5 Å². The van der Waals surface area contributed by atoms with Crippen LogP contribution in [0.2, 0.25) is 10.0 Å². The van der Waals surface area contributed by atoms with E-state index in [1.807, 2.05) is 28.9 Å². The first-order valence-corrected chi connectivity index (χ1v) is 18.5. The predicted molar refractivity (Wildman–Crippen MR) is 186 cm³/mol. The largest absolute Gasteiger partial charge is 0.374 e. The molecule has 6 heterocycles. The van der Waals surface area contributed by atoms with Gasteiger partial charge in [0.2, 0.25) is 5.91 Å². The molecule has 5 fully saturated rings. The number of carbonyl (C=O) groups excluding carboxylic acids is 1. The van der Waals surface area contributed by atoms with Gasteiger partial charge in [-0.2, -0.15) is 22.0 Å². The van der Waals surface area contributed by atoms with E-state index in [1.54, 1.807) is 0 Å². The van der Waals surface area contributed by atoms with Crippen LogP contribution in [0.1, 0.15) is 51.3 Å². The van der Waals surface area contributed by atoms with Gasteiger partial charge in [-0.15, -0.1) is 0 Å². The standard InChI is InChI=1S/C34H43Cl2N7O2S/c1-5-28(44)41-18-34(19-41)12-22(13-34)43-20(2)29(30-23-14-37-38-25(23)10-24(35)31(30)36)32(39-43)42-7-6-21(11-33(42,3)4)15-40-8-9-45-27-17-46-16-26(27)40/h5,10,14,21-22,26-27H,1,6-9,11-13,15-19H2,2-4H3,(H,37,38)/t21-,26?,27?/m1/s1. The lowest BCUT2D eigenvalue weighted by atomic mass is 9.60. The molecular formula is C34H43Cl2N7O2S. The van der Waals surface area contributed by atoms with Crippen LogP contribution in [0, 0.1) is 18.3 Å². The average molecular weight is 685 g/mol. The number of thioether (sulfide) groups is 1. The number of hydrogen-bond donors (Lipinski definition) is 1. The Labute approximate surface area is 284 Å². The second-order valence-electron chi connectivity index (χ2n) is 14.9. The smallest absolute Gasteiger partial charge is 0.245 e. The number of morpholine rings is 1. The van der Waals surface area contributed by atoms with Gasteiger partial charge in [-0.3, -0.25) is 19.5 Å². The molecule has 4 aliphatic heterocycles. The molecule has 4 saturated heterocycles. The zero-order valence-corrected chi connectivity index (χ0v) is 29.2. The summed E-state index contributed by atoms with van der Waals surface area (Å²) in [5, 5.41) is 14.9. The highest BCUT2D eigenvalue weighted by molar-refractivity contribution is 7.99. The summed E-state index contributed by atoms with van der Waals surface area (Å²) in [6.45, 7) is 16.1. The number of fused-ring (bicyclic) bond motifs is 2. The molecule has 3 atom stereocenters. The minimum atomic E-state index is -0.111. The monoisotopic (exact) mass is 683 g/mol. The molecule has 1 saturated carbocycles. The molecule has 12 heteroatoms. The first-order chi connectivity index (χ1) is 22.1. The predicted octanol–water partition coefficient (Wildman–Crippen LogP) is 6.20. The Kier molecular flexibility index (Phi) is 7.72. The van der Waals surface area contributed by atoms with Crippen LogP contribution >= 0.6 is 35.0 Å². The summed E-state index contributed by atoms with van der Waals surface area (Å²) in [6, 6.07) is 2.67. The summed E-state index contributed by atoms with van der Waals surface area (Å²) in [5.41, 5.74) is 3.96. The third-order valence-electron chi connectivity index (χ3n) is 11.4. The van der Waals surface area contributed by atoms with Crippen molar-refractivity contribution in [3.05, 3.63) is 40.7 Å². The maximum atomic E-state index is 12.1. The van der Waals surface area contributed by atoms with Gasteiger partial charge >= 0.3 is 0 Å². The van der Waals surface area contributed by atoms with Crippen LogP contribution in [0.25, 0.3) is 22.0 Å². The maximum absolute atomic E-state index is 12.1. The molecule has 8 rings (SSSR count). The van der Waals surface area contributed by atoms with Crippen LogP contribution in [0.4, 0.5) is 5.82 Å². The molecule has 0 radical (unpaired) electrons. The maximum Gasteiger partial charge on any atom is 0.245 e. The van der Waals surface area contributed by atoms with Crippen molar-refractivity contribution in [3.8, 4) is 11.1 Å². The number of ether oxygens (including phenoxy) is 1. The minimum absolute atomic E-state index is 0.0230. The van der Waals surface area contributed by atoms with E-state index in [1.165, 1.54) is 11.8 Å². The number of H-pyrrole nitrogens is 1. The molecule has 5 aliphatic rings. The van der Waals surface area contributed by atoms with Gasteiger partial charge in [0.1, 0.15) is 0 Å². The lowest BCUT2D eigenvalue weighted by molar-refractivity contribution is -0.149. The molecule has 9 nitrogen and oxygen atoms in total. The molecule has 0 bridgehead atoms. The number of benzene rings is 1. The number of halogens is 2. The van der Waals surface area contributed by atoms with Gasteiger partial charge in [-0.25, -0.2) is 0 Å². The molecule has 1 N–H and O–H groups in total. The number of piperidine rings is 1. The Morgan fingerprint density at radius 1 is 1.20 bits per heavy atom. The number of nitrogens with zero attached hydrogens (tertiary/aromatic N) is 6. The molecule has 3 aromatic rings. The number of aromatic nitrogens is 4. The summed E-state index contributed by atoms with van der Waals surface area (Å²) in [4.78, 5) is 19.3. The Morgan fingerprint density at radius 3 is 2.76 bits per heavy atom. The highest BCUT2D eigenvalue weighted by Gasteiger charge is 2.55. The number of carbonyl (C=O) groups is 1. The molecular weight excluding hydrogens is 641 g/mol. The molecule has 246 valence electrons. The van der Waals surface area contributed by atoms with Crippen molar-refractivity contribution in [2.24, 2.45) is 11.3 Å². The lowest BCUT2D eigenvalue weighted by Crippen LogP contribution is -2.63. The van der Waals surface area contributed by atoms with Crippen LogP contribution < -0.4 is 4.90 Å². The third-order valence-corrected chi connectivity index (χ3v) is 13.4. The molecule has 46 heavy (non-hydrogen) atoms. The molecule has 1 spiro atoms. The zero-order valence-electron chi connectivity index (χ0n) is 26.9. The number of anilines is 1. The van der Waals surface area contributed by atoms with Crippen LogP contribution in [-0.2, 0) is 9.53 Å². The van der Waals surface area contributed by atoms with Crippen LogP contribution in [0.15, 0.2) is 24.9 Å². The number of rotatable bonds is 6. The fourth-order valence-electron chi connectivity index (χ4n) is 9.19. The quantitative estimate of drug-likeness (QED) is 0.310. The number of aromatic amines is 1. The Balaban J connectivity index is 1.11. The van der Waals surface area contributed by atoms with Gasteiger partial charge < -0.3 is 14.5 Å².